The monoisotopic (exact) mass is 560 g/mol. The van der Waals surface area contributed by atoms with E-state index in [2.05, 4.69) is 0 Å². The number of carbonyl (C=O) groups is 4. The zero-order valence-corrected chi connectivity index (χ0v) is 23.1. The average molecular weight is 561 g/mol. The second-order valence-electron chi connectivity index (χ2n) is 11.7. The van der Waals surface area contributed by atoms with Crippen molar-refractivity contribution in [2.75, 3.05) is 0 Å². The van der Waals surface area contributed by atoms with Crippen LogP contribution in [0.5, 0.6) is 11.5 Å². The van der Waals surface area contributed by atoms with Crippen LogP contribution in [0.25, 0.3) is 33.7 Å². The molecule has 8 rings (SSSR count). The van der Waals surface area contributed by atoms with Crippen LogP contribution < -0.4 is 0 Å². The Balaban J connectivity index is 0.000000137. The van der Waals surface area contributed by atoms with E-state index >= 15 is 0 Å². The summed E-state index contributed by atoms with van der Waals surface area (Å²) in [5.41, 5.74) is 1.62. The van der Waals surface area contributed by atoms with Crippen molar-refractivity contribution >= 4 is 57.2 Å². The third-order valence-electron chi connectivity index (χ3n) is 8.31. The highest BCUT2D eigenvalue weighted by Gasteiger charge is 2.46. The average Bonchev–Trinajstić information content (AvgIpc) is 3.33. The van der Waals surface area contributed by atoms with E-state index in [1.54, 1.807) is 52.0 Å². The van der Waals surface area contributed by atoms with Gasteiger partial charge in [-0.3, -0.25) is 9.59 Å². The number of ether oxygens (including phenoxy) is 2. The smallest absolute Gasteiger partial charge is 0.340 e. The van der Waals surface area contributed by atoms with Crippen LogP contribution in [0, 0.1) is 0 Å². The van der Waals surface area contributed by atoms with Crippen molar-refractivity contribution in [2.45, 2.75) is 38.9 Å². The second kappa shape index (κ2) is 8.16. The van der Waals surface area contributed by atoms with Crippen LogP contribution in [0.1, 0.15) is 91.4 Å². The number of benzene rings is 4. The standard InChI is InChI=1S/2C17H12O4/c2*1-17(2)14-13(16(20)21-17)12-10(18)7-6-8-4-3-5-9(11(8)12)15(14)19/h2*3-7,19H,1-2H3. The second-order valence-corrected chi connectivity index (χ2v) is 11.7. The Morgan fingerprint density at radius 2 is 0.929 bits per heavy atom. The van der Waals surface area contributed by atoms with Crippen LogP contribution >= 0.6 is 0 Å². The van der Waals surface area contributed by atoms with Crippen molar-refractivity contribution in [2.24, 2.45) is 0 Å². The van der Waals surface area contributed by atoms with Gasteiger partial charge in [0, 0.05) is 32.7 Å². The maximum Gasteiger partial charge on any atom is 0.340 e. The summed E-state index contributed by atoms with van der Waals surface area (Å²) in [6, 6.07) is 10.8. The molecule has 0 unspecified atom stereocenters. The number of allylic oxidation sites excluding steroid dienone is 2. The number of esters is 2. The van der Waals surface area contributed by atoms with E-state index in [9.17, 15) is 29.4 Å². The number of phenolic OH excluding ortho intramolecular Hbond substituents is 2. The molecule has 0 aromatic heterocycles. The van der Waals surface area contributed by atoms with Gasteiger partial charge in [-0.15, -0.1) is 0 Å². The minimum absolute atomic E-state index is 0.0181. The molecule has 0 saturated carbocycles. The molecule has 2 N–H and O–H groups in total. The van der Waals surface area contributed by atoms with E-state index in [0.29, 0.717) is 43.8 Å². The van der Waals surface area contributed by atoms with E-state index in [-0.39, 0.29) is 34.2 Å². The predicted molar refractivity (Wildman–Crippen MR) is 155 cm³/mol. The molecule has 0 saturated heterocycles. The first-order valence-corrected chi connectivity index (χ1v) is 13.4. The first-order valence-electron chi connectivity index (χ1n) is 13.4. The Bertz CT molecular complexity index is 1920. The summed E-state index contributed by atoms with van der Waals surface area (Å²) in [4.78, 5) is 49.1. The zero-order valence-electron chi connectivity index (χ0n) is 23.1. The topological polar surface area (TPSA) is 127 Å². The molecule has 2 heterocycles. The van der Waals surface area contributed by atoms with Gasteiger partial charge >= 0.3 is 11.9 Å². The lowest BCUT2D eigenvalue weighted by Gasteiger charge is -2.21. The fourth-order valence-electron chi connectivity index (χ4n) is 6.62. The molecule has 2 aliphatic carbocycles. The molecule has 0 spiro atoms. The molecule has 2 aliphatic heterocycles. The molecule has 8 nitrogen and oxygen atoms in total. The molecule has 0 radical (unpaired) electrons. The Morgan fingerprint density at radius 3 is 1.31 bits per heavy atom. The normalized spacial score (nSPS) is 18.0. The quantitative estimate of drug-likeness (QED) is 0.239. The molecule has 208 valence electrons. The summed E-state index contributed by atoms with van der Waals surface area (Å²) in [7, 11) is 0. The lowest BCUT2D eigenvalue weighted by atomic mass is 9.82. The van der Waals surface area contributed by atoms with Crippen molar-refractivity contribution in [1.29, 1.82) is 0 Å². The summed E-state index contributed by atoms with van der Waals surface area (Å²) in [5.74, 6) is -1.54. The molecule has 4 aromatic rings. The molecule has 4 aliphatic rings. The summed E-state index contributed by atoms with van der Waals surface area (Å²) in [5, 5.41) is 23.6. The molecule has 42 heavy (non-hydrogen) atoms. The SMILES string of the molecule is CC1(C)OC(=O)c2c1c(O)c1cccc3c1c2C(=O)C=C3.CC1(C)OC(=O)c2c1c(O)c1cccc3c1c2C(=O)C=C3. The van der Waals surface area contributed by atoms with Crippen molar-refractivity contribution in [1.82, 2.24) is 0 Å². The number of cyclic esters (lactones) is 2. The van der Waals surface area contributed by atoms with Gasteiger partial charge in [0.2, 0.25) is 0 Å². The lowest BCUT2D eigenvalue weighted by Crippen LogP contribution is -2.16. The number of fused-ring (bicyclic) bond motifs is 4. The molecule has 0 atom stereocenters. The van der Waals surface area contributed by atoms with Gasteiger partial charge in [-0.2, -0.15) is 0 Å². The van der Waals surface area contributed by atoms with Crippen LogP contribution in [0.2, 0.25) is 0 Å². The third kappa shape index (κ3) is 3.23. The number of rotatable bonds is 0. The zero-order chi connectivity index (χ0) is 29.9. The highest BCUT2D eigenvalue weighted by molar-refractivity contribution is 6.27. The highest BCUT2D eigenvalue weighted by Crippen LogP contribution is 2.50. The van der Waals surface area contributed by atoms with Crippen LogP contribution in [-0.2, 0) is 20.7 Å². The maximum atomic E-state index is 12.3. The Labute approximate surface area is 239 Å². The highest BCUT2D eigenvalue weighted by atomic mass is 16.6. The summed E-state index contributed by atoms with van der Waals surface area (Å²) in [6.45, 7) is 6.84. The van der Waals surface area contributed by atoms with Gasteiger partial charge in [0.1, 0.15) is 22.7 Å². The fraction of sp³-hybridized carbons (Fsp3) is 0.176. The largest absolute Gasteiger partial charge is 0.507 e. The van der Waals surface area contributed by atoms with E-state index in [1.807, 2.05) is 24.3 Å². The Hall–Kier alpha value is -5.24. The minimum Gasteiger partial charge on any atom is -0.507 e. The summed E-state index contributed by atoms with van der Waals surface area (Å²) < 4.78 is 10.7. The van der Waals surface area contributed by atoms with Crippen molar-refractivity contribution < 1.29 is 38.9 Å². The van der Waals surface area contributed by atoms with Gasteiger partial charge in [0.25, 0.3) is 0 Å². The van der Waals surface area contributed by atoms with Gasteiger partial charge in [0.15, 0.2) is 11.6 Å². The fourth-order valence-corrected chi connectivity index (χ4v) is 6.62. The number of carbonyl (C=O) groups excluding carboxylic acids is 4. The Morgan fingerprint density at radius 1 is 0.548 bits per heavy atom. The number of phenols is 2. The molecular formula is C34H24O8. The number of hydrogen-bond acceptors (Lipinski definition) is 8. The molecular weight excluding hydrogens is 536 g/mol. The number of hydrogen-bond donors (Lipinski definition) is 2. The minimum atomic E-state index is -0.946. The van der Waals surface area contributed by atoms with Crippen LogP contribution in [-0.4, -0.2) is 33.7 Å². The lowest BCUT2D eigenvalue weighted by molar-refractivity contribution is 0.00783. The van der Waals surface area contributed by atoms with Crippen LogP contribution in [0.15, 0.2) is 48.6 Å². The van der Waals surface area contributed by atoms with Crippen molar-refractivity contribution in [3.05, 3.63) is 93.1 Å². The van der Waals surface area contributed by atoms with E-state index in [0.717, 1.165) is 11.1 Å². The molecule has 0 bridgehead atoms. The predicted octanol–water partition coefficient (Wildman–Crippen LogP) is 6.32. The van der Waals surface area contributed by atoms with Gasteiger partial charge in [-0.05, 0) is 51.0 Å². The van der Waals surface area contributed by atoms with Crippen molar-refractivity contribution in [3.63, 3.8) is 0 Å². The summed E-state index contributed by atoms with van der Waals surface area (Å²) in [6.07, 6.45) is 6.31. The van der Waals surface area contributed by atoms with Crippen LogP contribution in [0.4, 0.5) is 0 Å². The molecule has 8 heteroatoms. The Kier molecular flexibility index (Phi) is 5.00. The van der Waals surface area contributed by atoms with Crippen LogP contribution in [0.3, 0.4) is 0 Å². The van der Waals surface area contributed by atoms with Gasteiger partial charge in [0.05, 0.1) is 22.3 Å². The maximum absolute atomic E-state index is 12.3. The van der Waals surface area contributed by atoms with Gasteiger partial charge < -0.3 is 19.7 Å². The van der Waals surface area contributed by atoms with Gasteiger partial charge in [-0.1, -0.05) is 48.6 Å². The number of ketones is 2. The summed E-state index contributed by atoms with van der Waals surface area (Å²) >= 11 is 0. The number of aromatic hydroxyl groups is 2. The molecule has 0 amide bonds. The van der Waals surface area contributed by atoms with E-state index in [1.165, 1.54) is 12.2 Å². The first-order chi connectivity index (χ1) is 19.8. The molecule has 4 aromatic carbocycles. The van der Waals surface area contributed by atoms with Gasteiger partial charge in [-0.25, -0.2) is 9.59 Å². The van der Waals surface area contributed by atoms with E-state index in [4.69, 9.17) is 9.47 Å². The third-order valence-corrected chi connectivity index (χ3v) is 8.31. The van der Waals surface area contributed by atoms with Crippen molar-refractivity contribution in [3.8, 4) is 11.5 Å². The molecule has 0 fully saturated rings. The van der Waals surface area contributed by atoms with E-state index < -0.39 is 23.1 Å². The first kappa shape index (κ1) is 25.7.